The monoisotopic (exact) mass is 599 g/mol. The van der Waals surface area contributed by atoms with Gasteiger partial charge in [-0.15, -0.1) is 18.3 Å². The molecule has 4 aromatic rings. The van der Waals surface area contributed by atoms with Gasteiger partial charge in [-0.3, -0.25) is 0 Å². The number of benzene rings is 3. The summed E-state index contributed by atoms with van der Waals surface area (Å²) < 4.78 is 0. The van der Waals surface area contributed by atoms with Crippen molar-refractivity contribution in [1.29, 1.82) is 0 Å². The van der Waals surface area contributed by atoms with Crippen LogP contribution in [0, 0.1) is 0 Å². The molecular weight excluding hydrogens is 576 g/mol. The van der Waals surface area contributed by atoms with E-state index in [0.29, 0.717) is 0 Å². The van der Waals surface area contributed by atoms with E-state index in [4.69, 9.17) is 0 Å². The smallest absolute Gasteiger partial charge is 0.682 e. The van der Waals surface area contributed by atoms with Crippen LogP contribution in [0.4, 0.5) is 0 Å². The maximum absolute atomic E-state index is 4.24. The topological polar surface area (TPSA) is 41.1 Å². The van der Waals surface area contributed by atoms with Crippen molar-refractivity contribution in [1.82, 2.24) is 10.2 Å². The van der Waals surface area contributed by atoms with Crippen LogP contribution in [0.5, 0.6) is 0 Å². The number of nitrogens with zero attached hydrogens (tertiary/aromatic N) is 3. The molecule has 0 atom stereocenters. The fraction of sp³-hybridized carbons (Fsp3) is 0.0385. The third-order valence-electron chi connectivity index (χ3n) is 4.53. The Labute approximate surface area is 198 Å². The van der Waals surface area contributed by atoms with E-state index in [2.05, 4.69) is 107 Å². The molecule has 1 aliphatic heterocycles. The van der Waals surface area contributed by atoms with Crippen molar-refractivity contribution in [2.75, 3.05) is 6.54 Å². The maximum atomic E-state index is 4.24. The summed E-state index contributed by atoms with van der Waals surface area (Å²) in [6, 6.07) is 34.2. The third kappa shape index (κ3) is 6.35. The molecular formula is C26H22N3OsP. The fourth-order valence-corrected chi connectivity index (χ4v) is 5.44. The second-order valence-corrected chi connectivity index (χ2v) is 8.80. The van der Waals surface area contributed by atoms with Crippen molar-refractivity contribution in [2.24, 2.45) is 0 Å². The van der Waals surface area contributed by atoms with Gasteiger partial charge in [0.1, 0.15) is 0 Å². The van der Waals surface area contributed by atoms with Gasteiger partial charge >= 0.3 is 19.8 Å². The molecule has 2 heterocycles. The van der Waals surface area contributed by atoms with Gasteiger partial charge in [0.15, 0.2) is 0 Å². The molecule has 31 heavy (non-hydrogen) atoms. The molecule has 154 valence electrons. The van der Waals surface area contributed by atoms with Gasteiger partial charge in [-0.1, -0.05) is 109 Å². The van der Waals surface area contributed by atoms with Crippen LogP contribution in [0.3, 0.4) is 0 Å². The molecule has 0 amide bonds. The molecule has 0 aliphatic carbocycles. The summed E-state index contributed by atoms with van der Waals surface area (Å²) in [7, 11) is -0.446. The zero-order valence-corrected chi connectivity index (χ0v) is 20.3. The van der Waals surface area contributed by atoms with Crippen LogP contribution < -0.4 is 21.0 Å². The molecule has 0 bridgehead atoms. The van der Waals surface area contributed by atoms with E-state index in [-0.39, 0.29) is 19.8 Å². The van der Waals surface area contributed by atoms with Crippen molar-refractivity contribution >= 4 is 29.5 Å². The molecule has 0 N–H and O–H groups in total. The first-order valence-electron chi connectivity index (χ1n) is 9.86. The molecule has 0 fully saturated rings. The van der Waals surface area contributed by atoms with Crippen LogP contribution in [-0.2, 0) is 19.8 Å². The van der Waals surface area contributed by atoms with Crippen LogP contribution in [0.25, 0.3) is 11.0 Å². The minimum atomic E-state index is -0.446. The second-order valence-electron chi connectivity index (χ2n) is 6.58. The Hall–Kier alpha value is -2.78. The average Bonchev–Trinajstić information content (AvgIpc) is 3.38. The molecule has 0 spiro atoms. The quantitative estimate of drug-likeness (QED) is 0.319. The summed E-state index contributed by atoms with van der Waals surface area (Å²) in [5.74, 6) is 0. The maximum Gasteiger partial charge on any atom is 2.00 e. The van der Waals surface area contributed by atoms with Crippen LogP contribution in [0.1, 0.15) is 5.69 Å². The predicted molar refractivity (Wildman–Crippen MR) is 128 cm³/mol. The standard InChI is InChI=1S/C18H15P.C8H7N3.Os/c1-4-10-16(11-5-1)19(17-12-6-2-7-13-17)18-14-8-3-9-15-18;1-2-5-9-7(3-1)8-4-6-10-11-8;/h1-15H;1-4,6H,5H2;/q;-2;+2. The summed E-state index contributed by atoms with van der Waals surface area (Å²) in [4.78, 5) is 0. The molecule has 3 nitrogen and oxygen atoms in total. The molecule has 5 rings (SSSR count). The van der Waals surface area contributed by atoms with Crippen LogP contribution >= 0.6 is 7.92 Å². The summed E-state index contributed by atoms with van der Waals surface area (Å²) in [6.07, 6.45) is 7.59. The first-order valence-corrected chi connectivity index (χ1v) is 11.2. The van der Waals surface area contributed by atoms with Gasteiger partial charge < -0.3 is 15.5 Å². The molecule has 0 unspecified atom stereocenters. The summed E-state index contributed by atoms with van der Waals surface area (Å²) in [6.45, 7) is 0.749. The van der Waals surface area contributed by atoms with E-state index in [1.165, 1.54) is 15.9 Å². The Morgan fingerprint density at radius 3 is 1.58 bits per heavy atom. The normalized spacial score (nSPS) is 12.1. The second kappa shape index (κ2) is 12.2. The molecule has 3 aromatic carbocycles. The Balaban J connectivity index is 0.000000194. The summed E-state index contributed by atoms with van der Waals surface area (Å²) >= 11 is 0. The predicted octanol–water partition coefficient (Wildman–Crippen LogP) is 4.77. The average molecular weight is 598 g/mol. The fourth-order valence-electron chi connectivity index (χ4n) is 3.14. The molecule has 5 heteroatoms. The summed E-state index contributed by atoms with van der Waals surface area (Å²) in [5.41, 5.74) is 1.78. The van der Waals surface area contributed by atoms with Crippen LogP contribution in [-0.4, -0.2) is 11.6 Å². The minimum absolute atomic E-state index is 0. The van der Waals surface area contributed by atoms with Gasteiger partial charge in [-0.2, -0.15) is 5.70 Å². The van der Waals surface area contributed by atoms with Crippen molar-refractivity contribution in [3.8, 4) is 0 Å². The molecule has 1 aliphatic rings. The van der Waals surface area contributed by atoms with E-state index in [0.717, 1.165) is 17.9 Å². The first kappa shape index (κ1) is 22.9. The van der Waals surface area contributed by atoms with Gasteiger partial charge in [-0.25, -0.2) is 0 Å². The number of rotatable bonds is 4. The third-order valence-corrected chi connectivity index (χ3v) is 6.97. The van der Waals surface area contributed by atoms with Gasteiger partial charge in [0.05, 0.1) is 0 Å². The van der Waals surface area contributed by atoms with Gasteiger partial charge in [-0.05, 0) is 23.8 Å². The number of hydrogen-bond acceptors (Lipinski definition) is 1. The van der Waals surface area contributed by atoms with E-state index in [1.54, 1.807) is 6.20 Å². The van der Waals surface area contributed by atoms with Crippen molar-refractivity contribution in [2.45, 2.75) is 0 Å². The van der Waals surface area contributed by atoms with E-state index < -0.39 is 7.92 Å². The number of allylic oxidation sites excluding steroid dienone is 2. The molecule has 0 saturated heterocycles. The SMILES string of the molecule is C1=CC[N-]C(c2ccn[n-]2)=C1.[Os+2].c1ccc(P(c2ccccc2)c2ccccc2)cc1. The number of hydrogen-bond donors (Lipinski definition) is 0. The van der Waals surface area contributed by atoms with Crippen LogP contribution in [0.15, 0.2) is 121 Å². The van der Waals surface area contributed by atoms with Crippen molar-refractivity contribution < 1.29 is 19.8 Å². The van der Waals surface area contributed by atoms with Gasteiger partial charge in [0, 0.05) is 6.20 Å². The Bertz CT molecular complexity index is 986. The molecule has 1 aromatic heterocycles. The molecule has 0 radical (unpaired) electrons. The van der Waals surface area contributed by atoms with E-state index >= 15 is 0 Å². The zero-order valence-electron chi connectivity index (χ0n) is 16.9. The van der Waals surface area contributed by atoms with Gasteiger partial charge in [0.25, 0.3) is 0 Å². The van der Waals surface area contributed by atoms with Crippen LogP contribution in [0.2, 0.25) is 0 Å². The van der Waals surface area contributed by atoms with E-state index in [1.807, 2.05) is 24.3 Å². The Morgan fingerprint density at radius 2 is 1.19 bits per heavy atom. The Kier molecular flexibility index (Phi) is 8.98. The largest absolute Gasteiger partial charge is 2.00 e. The zero-order chi connectivity index (χ0) is 20.4. The van der Waals surface area contributed by atoms with Crippen molar-refractivity contribution in [3.05, 3.63) is 132 Å². The Morgan fingerprint density at radius 1 is 0.677 bits per heavy atom. The number of aromatic nitrogens is 2. The van der Waals surface area contributed by atoms with Gasteiger partial charge in [0.2, 0.25) is 0 Å². The minimum Gasteiger partial charge on any atom is -0.682 e. The van der Waals surface area contributed by atoms with E-state index in [9.17, 15) is 0 Å². The van der Waals surface area contributed by atoms with Crippen molar-refractivity contribution in [3.63, 3.8) is 0 Å². The molecule has 0 saturated carbocycles. The summed E-state index contributed by atoms with van der Waals surface area (Å²) in [5, 5.41) is 16.1. The first-order chi connectivity index (χ1) is 14.9.